The van der Waals surface area contributed by atoms with Gasteiger partial charge in [0, 0.05) is 25.3 Å². The Morgan fingerprint density at radius 1 is 1.48 bits per heavy atom. The van der Waals surface area contributed by atoms with Crippen molar-refractivity contribution in [3.8, 4) is 0 Å². The number of rotatable bonds is 3. The monoisotopic (exact) mass is 339 g/mol. The molecule has 23 heavy (non-hydrogen) atoms. The Balaban J connectivity index is 1.97. The highest BCUT2D eigenvalue weighted by atomic mass is 35.5. The van der Waals surface area contributed by atoms with Gasteiger partial charge in [0.15, 0.2) is 0 Å². The molecule has 126 valence electrons. The van der Waals surface area contributed by atoms with Gasteiger partial charge in [-0.25, -0.2) is 9.78 Å². The maximum atomic E-state index is 12.6. The lowest BCUT2D eigenvalue weighted by Gasteiger charge is -2.26. The van der Waals surface area contributed by atoms with E-state index >= 15 is 0 Å². The van der Waals surface area contributed by atoms with Crippen molar-refractivity contribution < 1.29 is 14.3 Å². The third-order valence-electron chi connectivity index (χ3n) is 3.51. The Hall–Kier alpha value is -1.82. The average Bonchev–Trinajstić information content (AvgIpc) is 2.91. The van der Waals surface area contributed by atoms with E-state index in [0.29, 0.717) is 18.7 Å². The highest BCUT2D eigenvalue weighted by molar-refractivity contribution is 6.32. The van der Waals surface area contributed by atoms with Gasteiger partial charge in [0.1, 0.15) is 10.8 Å². The Morgan fingerprint density at radius 3 is 2.87 bits per heavy atom. The summed E-state index contributed by atoms with van der Waals surface area (Å²) in [7, 11) is 0. The molecule has 0 aromatic carbocycles. The number of pyridine rings is 1. The first-order valence-corrected chi connectivity index (χ1v) is 8.04. The summed E-state index contributed by atoms with van der Waals surface area (Å²) in [5.74, 6) is -0.156. The number of alkyl carbamates (subject to hydrolysis) is 1. The van der Waals surface area contributed by atoms with Crippen molar-refractivity contribution in [2.45, 2.75) is 45.3 Å². The molecule has 1 aromatic heterocycles. The van der Waals surface area contributed by atoms with Crippen molar-refractivity contribution in [2.24, 2.45) is 0 Å². The number of nitrogens with one attached hydrogen (secondary N) is 1. The summed E-state index contributed by atoms with van der Waals surface area (Å²) in [6.07, 6.45) is 2.80. The lowest BCUT2D eigenvalue weighted by atomic mass is 10.2. The number of amides is 2. The molecular weight excluding hydrogens is 318 g/mol. The first kappa shape index (κ1) is 17.5. The zero-order valence-electron chi connectivity index (χ0n) is 13.6. The van der Waals surface area contributed by atoms with Crippen molar-refractivity contribution in [1.29, 1.82) is 0 Å². The number of hydrogen-bond donors (Lipinski definition) is 1. The molecule has 0 bridgehead atoms. The fourth-order valence-electron chi connectivity index (χ4n) is 2.53. The van der Waals surface area contributed by atoms with Crippen LogP contribution in [0, 0.1) is 0 Å². The van der Waals surface area contributed by atoms with Gasteiger partial charge < -0.3 is 15.0 Å². The van der Waals surface area contributed by atoms with Gasteiger partial charge in [-0.3, -0.25) is 4.79 Å². The van der Waals surface area contributed by atoms with Crippen LogP contribution < -0.4 is 5.32 Å². The van der Waals surface area contributed by atoms with Gasteiger partial charge in [0.05, 0.1) is 5.56 Å². The third kappa shape index (κ3) is 4.82. The van der Waals surface area contributed by atoms with Crippen LogP contribution in [0.5, 0.6) is 0 Å². The van der Waals surface area contributed by atoms with Crippen molar-refractivity contribution in [1.82, 2.24) is 15.2 Å². The molecule has 7 heteroatoms. The summed E-state index contributed by atoms with van der Waals surface area (Å²) in [6.45, 7) is 6.43. The maximum Gasteiger partial charge on any atom is 0.407 e. The van der Waals surface area contributed by atoms with Crippen LogP contribution in [0.3, 0.4) is 0 Å². The van der Waals surface area contributed by atoms with Crippen LogP contribution in [0.4, 0.5) is 4.79 Å². The molecule has 0 saturated carbocycles. The maximum absolute atomic E-state index is 12.6. The summed E-state index contributed by atoms with van der Waals surface area (Å²) < 4.78 is 5.21. The van der Waals surface area contributed by atoms with Crippen LogP contribution in [-0.4, -0.2) is 46.6 Å². The third-order valence-corrected chi connectivity index (χ3v) is 3.81. The molecular formula is C16H22ClN3O3. The fourth-order valence-corrected chi connectivity index (χ4v) is 2.73. The number of carbonyl (C=O) groups excluding carboxylic acids is 2. The van der Waals surface area contributed by atoms with Gasteiger partial charge in [-0.1, -0.05) is 11.6 Å². The van der Waals surface area contributed by atoms with E-state index in [4.69, 9.17) is 16.3 Å². The van der Waals surface area contributed by atoms with Gasteiger partial charge in [0.2, 0.25) is 0 Å². The van der Waals surface area contributed by atoms with Crippen LogP contribution in [-0.2, 0) is 4.74 Å². The Bertz CT molecular complexity index is 586. The lowest BCUT2D eigenvalue weighted by molar-refractivity contribution is 0.0501. The summed E-state index contributed by atoms with van der Waals surface area (Å²) in [4.78, 5) is 30.0. The minimum absolute atomic E-state index is 0.0636. The van der Waals surface area contributed by atoms with Crippen molar-refractivity contribution in [2.75, 3.05) is 13.1 Å². The zero-order valence-corrected chi connectivity index (χ0v) is 14.4. The topological polar surface area (TPSA) is 71.5 Å². The summed E-state index contributed by atoms with van der Waals surface area (Å²) in [6, 6.07) is 3.28. The molecule has 0 unspecified atom stereocenters. The molecule has 2 heterocycles. The van der Waals surface area contributed by atoms with Gasteiger partial charge in [0.25, 0.3) is 5.91 Å². The molecule has 0 radical (unpaired) electrons. The van der Waals surface area contributed by atoms with E-state index in [1.54, 1.807) is 23.2 Å². The number of carbonyl (C=O) groups is 2. The lowest BCUT2D eigenvalue weighted by Crippen LogP contribution is -2.44. The van der Waals surface area contributed by atoms with E-state index in [1.807, 2.05) is 20.8 Å². The molecule has 1 aliphatic heterocycles. The number of nitrogens with zero attached hydrogens (tertiary/aromatic N) is 2. The highest BCUT2D eigenvalue weighted by Gasteiger charge is 2.31. The van der Waals surface area contributed by atoms with E-state index in [9.17, 15) is 9.59 Å². The highest BCUT2D eigenvalue weighted by Crippen LogP contribution is 2.22. The minimum Gasteiger partial charge on any atom is -0.444 e. The Morgan fingerprint density at radius 2 is 2.22 bits per heavy atom. The molecule has 2 amide bonds. The standard InChI is InChI=1S/C16H22ClN3O3/c1-16(2,3)23-15(22)19-10-11-6-5-9-20(11)14(21)12-7-4-8-18-13(12)17/h4,7-8,11H,5-6,9-10H2,1-3H3,(H,19,22)/t11-/m0/s1. The molecule has 0 aliphatic carbocycles. The molecule has 1 N–H and O–H groups in total. The summed E-state index contributed by atoms with van der Waals surface area (Å²) >= 11 is 6.00. The molecule has 1 aliphatic rings. The van der Waals surface area contributed by atoms with Crippen LogP contribution in [0.1, 0.15) is 44.0 Å². The molecule has 1 saturated heterocycles. The molecule has 2 rings (SSSR count). The second-order valence-electron chi connectivity index (χ2n) is 6.52. The molecule has 1 aromatic rings. The van der Waals surface area contributed by atoms with E-state index < -0.39 is 11.7 Å². The largest absolute Gasteiger partial charge is 0.444 e. The van der Waals surface area contributed by atoms with Crippen LogP contribution in [0.2, 0.25) is 5.15 Å². The Labute approximate surface area is 141 Å². The van der Waals surface area contributed by atoms with Crippen LogP contribution >= 0.6 is 11.6 Å². The number of likely N-dealkylation sites (tertiary alicyclic amines) is 1. The number of ether oxygens (including phenoxy) is 1. The normalized spacial score (nSPS) is 17.9. The number of hydrogen-bond acceptors (Lipinski definition) is 4. The number of aromatic nitrogens is 1. The van der Waals surface area contributed by atoms with Crippen molar-refractivity contribution in [3.63, 3.8) is 0 Å². The quantitative estimate of drug-likeness (QED) is 0.859. The predicted molar refractivity (Wildman–Crippen MR) is 87.5 cm³/mol. The van der Waals surface area contributed by atoms with E-state index in [2.05, 4.69) is 10.3 Å². The summed E-state index contributed by atoms with van der Waals surface area (Å²) in [5.41, 5.74) is -0.156. The van der Waals surface area contributed by atoms with E-state index in [-0.39, 0.29) is 17.1 Å². The molecule has 1 atom stereocenters. The predicted octanol–water partition coefficient (Wildman–Crippen LogP) is 2.86. The van der Waals surface area contributed by atoms with Gasteiger partial charge >= 0.3 is 6.09 Å². The van der Waals surface area contributed by atoms with Gasteiger partial charge in [-0.05, 0) is 45.7 Å². The first-order chi connectivity index (χ1) is 10.8. The van der Waals surface area contributed by atoms with E-state index in [0.717, 1.165) is 12.8 Å². The second kappa shape index (κ2) is 7.17. The van der Waals surface area contributed by atoms with Crippen LogP contribution in [0.25, 0.3) is 0 Å². The van der Waals surface area contributed by atoms with Crippen LogP contribution in [0.15, 0.2) is 18.3 Å². The fraction of sp³-hybridized carbons (Fsp3) is 0.562. The second-order valence-corrected chi connectivity index (χ2v) is 6.88. The first-order valence-electron chi connectivity index (χ1n) is 7.66. The zero-order chi connectivity index (χ0) is 17.0. The average molecular weight is 340 g/mol. The Kier molecular flexibility index (Phi) is 5.46. The van der Waals surface area contributed by atoms with Gasteiger partial charge in [-0.2, -0.15) is 0 Å². The van der Waals surface area contributed by atoms with E-state index in [1.165, 1.54) is 0 Å². The summed E-state index contributed by atoms with van der Waals surface area (Å²) in [5, 5.41) is 2.93. The van der Waals surface area contributed by atoms with Gasteiger partial charge in [-0.15, -0.1) is 0 Å². The molecule has 1 fully saturated rings. The number of halogens is 1. The smallest absolute Gasteiger partial charge is 0.407 e. The molecule has 0 spiro atoms. The van der Waals surface area contributed by atoms with Crippen molar-refractivity contribution >= 4 is 23.6 Å². The molecule has 6 nitrogen and oxygen atoms in total. The SMILES string of the molecule is CC(C)(C)OC(=O)NC[C@@H]1CCCN1C(=O)c1cccnc1Cl. The van der Waals surface area contributed by atoms with Crippen molar-refractivity contribution in [3.05, 3.63) is 29.0 Å². The minimum atomic E-state index is -0.543.